The third kappa shape index (κ3) is 4.74. The summed E-state index contributed by atoms with van der Waals surface area (Å²) in [5.41, 5.74) is 2.28. The van der Waals surface area contributed by atoms with E-state index in [9.17, 15) is 4.79 Å². The van der Waals surface area contributed by atoms with Crippen LogP contribution in [0, 0.1) is 0 Å². The fourth-order valence-electron chi connectivity index (χ4n) is 2.31. The predicted octanol–water partition coefficient (Wildman–Crippen LogP) is 4.61. The molecule has 0 aliphatic heterocycles. The number of pyridine rings is 1. The number of carbonyl (C=O) groups excluding carboxylic acids is 1. The highest BCUT2D eigenvalue weighted by molar-refractivity contribution is 6.30. The van der Waals surface area contributed by atoms with Crippen molar-refractivity contribution in [3.05, 3.63) is 83.0 Å². The van der Waals surface area contributed by atoms with Crippen LogP contribution in [-0.2, 0) is 6.54 Å². The van der Waals surface area contributed by atoms with E-state index in [-0.39, 0.29) is 5.91 Å². The standard InChI is InChI=1S/C20H18ClN3O2/c1-26-18-9-4-15(5-10-18)20(25)24-17-8-11-19(23-13-17)22-12-14-2-6-16(21)7-3-14/h2-11,13H,12H2,1H3,(H,22,23)(H,24,25). The van der Waals surface area contributed by atoms with Crippen LogP contribution in [0.5, 0.6) is 5.75 Å². The minimum absolute atomic E-state index is 0.198. The molecule has 5 nitrogen and oxygen atoms in total. The topological polar surface area (TPSA) is 63.2 Å². The van der Waals surface area contributed by atoms with Crippen molar-refractivity contribution < 1.29 is 9.53 Å². The molecule has 26 heavy (non-hydrogen) atoms. The highest BCUT2D eigenvalue weighted by atomic mass is 35.5. The minimum Gasteiger partial charge on any atom is -0.497 e. The fraction of sp³-hybridized carbons (Fsp3) is 0.100. The van der Waals surface area contributed by atoms with E-state index in [0.29, 0.717) is 28.6 Å². The molecule has 2 N–H and O–H groups in total. The average molecular weight is 368 g/mol. The number of hydrogen-bond acceptors (Lipinski definition) is 4. The van der Waals surface area contributed by atoms with E-state index in [0.717, 1.165) is 11.4 Å². The van der Waals surface area contributed by atoms with Crippen molar-refractivity contribution in [2.75, 3.05) is 17.7 Å². The van der Waals surface area contributed by atoms with Crippen LogP contribution in [0.1, 0.15) is 15.9 Å². The summed E-state index contributed by atoms with van der Waals surface area (Å²) in [6, 6.07) is 18.2. The quantitative estimate of drug-likeness (QED) is 0.668. The third-order valence-electron chi connectivity index (χ3n) is 3.76. The molecule has 1 amide bonds. The van der Waals surface area contributed by atoms with Crippen molar-refractivity contribution in [2.45, 2.75) is 6.54 Å². The van der Waals surface area contributed by atoms with Crippen molar-refractivity contribution in [1.29, 1.82) is 0 Å². The van der Waals surface area contributed by atoms with E-state index in [1.807, 2.05) is 30.3 Å². The number of amides is 1. The van der Waals surface area contributed by atoms with Gasteiger partial charge in [-0.05, 0) is 54.1 Å². The Balaban J connectivity index is 1.56. The molecule has 6 heteroatoms. The van der Waals surface area contributed by atoms with Crippen LogP contribution < -0.4 is 15.4 Å². The first-order valence-corrected chi connectivity index (χ1v) is 8.41. The summed E-state index contributed by atoms with van der Waals surface area (Å²) in [7, 11) is 1.59. The lowest BCUT2D eigenvalue weighted by molar-refractivity contribution is 0.102. The Kier molecular flexibility index (Phi) is 5.71. The number of nitrogens with one attached hydrogen (secondary N) is 2. The number of ether oxygens (including phenoxy) is 1. The van der Waals surface area contributed by atoms with Crippen molar-refractivity contribution in [2.24, 2.45) is 0 Å². The molecule has 0 saturated carbocycles. The Morgan fingerprint density at radius 1 is 1.04 bits per heavy atom. The molecule has 3 rings (SSSR count). The first-order valence-electron chi connectivity index (χ1n) is 8.04. The molecule has 0 fully saturated rings. The number of aromatic nitrogens is 1. The van der Waals surface area contributed by atoms with Crippen LogP contribution in [0.2, 0.25) is 5.02 Å². The molecule has 0 radical (unpaired) electrons. The van der Waals surface area contributed by atoms with Crippen LogP contribution in [0.25, 0.3) is 0 Å². The van der Waals surface area contributed by atoms with Gasteiger partial charge < -0.3 is 15.4 Å². The molecule has 0 aliphatic carbocycles. The zero-order valence-corrected chi connectivity index (χ0v) is 15.0. The molecular weight excluding hydrogens is 350 g/mol. The third-order valence-corrected chi connectivity index (χ3v) is 4.01. The lowest BCUT2D eigenvalue weighted by atomic mass is 10.2. The van der Waals surface area contributed by atoms with E-state index in [4.69, 9.17) is 16.3 Å². The molecular formula is C20H18ClN3O2. The van der Waals surface area contributed by atoms with Gasteiger partial charge in [0.05, 0.1) is 19.0 Å². The van der Waals surface area contributed by atoms with Gasteiger partial charge in [0.25, 0.3) is 5.91 Å². The first kappa shape index (κ1) is 17.8. The zero-order chi connectivity index (χ0) is 18.4. The van der Waals surface area contributed by atoms with Crippen LogP contribution >= 0.6 is 11.6 Å². The maximum atomic E-state index is 12.2. The summed E-state index contributed by atoms with van der Waals surface area (Å²) in [4.78, 5) is 16.5. The van der Waals surface area contributed by atoms with Gasteiger partial charge in [0.2, 0.25) is 0 Å². The van der Waals surface area contributed by atoms with Gasteiger partial charge in [-0.2, -0.15) is 0 Å². The number of nitrogens with zero attached hydrogens (tertiary/aromatic N) is 1. The lowest BCUT2D eigenvalue weighted by Crippen LogP contribution is -2.12. The number of halogens is 1. The van der Waals surface area contributed by atoms with Gasteiger partial charge >= 0.3 is 0 Å². The van der Waals surface area contributed by atoms with Crippen LogP contribution in [-0.4, -0.2) is 18.0 Å². The Bertz CT molecular complexity index is 863. The summed E-state index contributed by atoms with van der Waals surface area (Å²) in [6.07, 6.45) is 1.62. The molecule has 0 spiro atoms. The normalized spacial score (nSPS) is 10.2. The van der Waals surface area contributed by atoms with Crippen molar-refractivity contribution in [3.63, 3.8) is 0 Å². The Morgan fingerprint density at radius 3 is 2.38 bits per heavy atom. The van der Waals surface area contributed by atoms with Crippen LogP contribution in [0.4, 0.5) is 11.5 Å². The molecule has 0 atom stereocenters. The maximum Gasteiger partial charge on any atom is 0.255 e. The lowest BCUT2D eigenvalue weighted by Gasteiger charge is -2.08. The van der Waals surface area contributed by atoms with Crippen LogP contribution in [0.15, 0.2) is 66.9 Å². The molecule has 1 aromatic heterocycles. The highest BCUT2D eigenvalue weighted by Gasteiger charge is 2.06. The van der Waals surface area contributed by atoms with Crippen LogP contribution in [0.3, 0.4) is 0 Å². The largest absolute Gasteiger partial charge is 0.497 e. The molecule has 0 unspecified atom stereocenters. The summed E-state index contributed by atoms with van der Waals surface area (Å²) in [5, 5.41) is 6.75. The smallest absolute Gasteiger partial charge is 0.255 e. The predicted molar refractivity (Wildman–Crippen MR) is 104 cm³/mol. The number of benzene rings is 2. The van der Waals surface area contributed by atoms with Crippen molar-refractivity contribution in [3.8, 4) is 5.75 Å². The number of carbonyl (C=O) groups is 1. The molecule has 0 bridgehead atoms. The summed E-state index contributed by atoms with van der Waals surface area (Å²) < 4.78 is 5.09. The fourth-order valence-corrected chi connectivity index (χ4v) is 2.44. The van der Waals surface area contributed by atoms with Crippen molar-refractivity contribution in [1.82, 2.24) is 4.98 Å². The Hall–Kier alpha value is -3.05. The molecule has 1 heterocycles. The minimum atomic E-state index is -0.198. The highest BCUT2D eigenvalue weighted by Crippen LogP contribution is 2.15. The summed E-state index contributed by atoms with van der Waals surface area (Å²) >= 11 is 5.87. The van der Waals surface area contributed by atoms with Gasteiger partial charge in [0, 0.05) is 17.1 Å². The average Bonchev–Trinajstić information content (AvgIpc) is 2.68. The second kappa shape index (κ2) is 8.36. The maximum absolute atomic E-state index is 12.2. The van der Waals surface area contributed by atoms with Gasteiger partial charge in [-0.3, -0.25) is 4.79 Å². The summed E-state index contributed by atoms with van der Waals surface area (Å²) in [6.45, 7) is 0.641. The Labute approximate surface area is 157 Å². The molecule has 0 aliphatic rings. The first-order chi connectivity index (χ1) is 12.6. The number of methoxy groups -OCH3 is 1. The van der Waals surface area contributed by atoms with Gasteiger partial charge in [-0.15, -0.1) is 0 Å². The Morgan fingerprint density at radius 2 is 1.77 bits per heavy atom. The van der Waals surface area contributed by atoms with E-state index in [1.54, 1.807) is 43.6 Å². The van der Waals surface area contributed by atoms with Gasteiger partial charge in [0.1, 0.15) is 11.6 Å². The summed E-state index contributed by atoms with van der Waals surface area (Å²) in [5.74, 6) is 1.23. The monoisotopic (exact) mass is 367 g/mol. The number of hydrogen-bond donors (Lipinski definition) is 2. The van der Waals surface area contributed by atoms with Crippen molar-refractivity contribution >= 4 is 29.0 Å². The van der Waals surface area contributed by atoms with E-state index in [2.05, 4.69) is 15.6 Å². The number of anilines is 2. The molecule has 2 aromatic carbocycles. The zero-order valence-electron chi connectivity index (χ0n) is 14.2. The van der Waals surface area contributed by atoms with E-state index < -0.39 is 0 Å². The number of rotatable bonds is 6. The molecule has 3 aromatic rings. The second-order valence-electron chi connectivity index (χ2n) is 5.59. The second-order valence-corrected chi connectivity index (χ2v) is 6.03. The molecule has 0 saturated heterocycles. The van der Waals surface area contributed by atoms with E-state index >= 15 is 0 Å². The van der Waals surface area contributed by atoms with E-state index in [1.165, 1.54) is 0 Å². The van der Waals surface area contributed by atoms with Gasteiger partial charge in [0.15, 0.2) is 0 Å². The SMILES string of the molecule is COc1ccc(C(=O)Nc2ccc(NCc3ccc(Cl)cc3)nc2)cc1. The van der Waals surface area contributed by atoms with Gasteiger partial charge in [-0.25, -0.2) is 4.98 Å². The van der Waals surface area contributed by atoms with Gasteiger partial charge in [-0.1, -0.05) is 23.7 Å². The molecule has 132 valence electrons.